The summed E-state index contributed by atoms with van der Waals surface area (Å²) in [6.07, 6.45) is -0.137. The second-order valence-electron chi connectivity index (χ2n) is 7.93. The lowest BCUT2D eigenvalue weighted by Gasteiger charge is -2.40. The van der Waals surface area contributed by atoms with Crippen LogP contribution in [0.4, 0.5) is 5.69 Å². The van der Waals surface area contributed by atoms with E-state index < -0.39 is 23.4 Å². The fourth-order valence-electron chi connectivity index (χ4n) is 3.90. The first-order valence-electron chi connectivity index (χ1n) is 9.11. The highest BCUT2D eigenvalue weighted by molar-refractivity contribution is 5.77. The Morgan fingerprint density at radius 2 is 1.89 bits per heavy atom. The smallest absolute Gasteiger partial charge is 0.313 e. The number of esters is 1. The molecule has 3 N–H and O–H groups in total. The van der Waals surface area contributed by atoms with Gasteiger partial charge in [0.2, 0.25) is 0 Å². The third kappa shape index (κ3) is 3.51. The molecule has 0 spiro atoms. The summed E-state index contributed by atoms with van der Waals surface area (Å²) in [4.78, 5) is 27.4. The molecule has 146 valence electrons. The third-order valence-corrected chi connectivity index (χ3v) is 5.12. The van der Waals surface area contributed by atoms with Crippen LogP contribution in [0.15, 0.2) is 29.1 Å². The molecular formula is C20H27N3O4. The Morgan fingerprint density at radius 1 is 1.26 bits per heavy atom. The Hall–Kier alpha value is -2.54. The number of carbonyl (C=O) groups is 1. The molecule has 7 nitrogen and oxygen atoms in total. The average Bonchev–Trinajstić information content (AvgIpc) is 2.92. The van der Waals surface area contributed by atoms with Crippen molar-refractivity contribution in [1.29, 1.82) is 0 Å². The molecule has 7 heteroatoms. The van der Waals surface area contributed by atoms with Crippen LogP contribution in [0.1, 0.15) is 43.5 Å². The summed E-state index contributed by atoms with van der Waals surface area (Å²) in [5.41, 5.74) is 1.28. The predicted octanol–water partition coefficient (Wildman–Crippen LogP) is 1.78. The molecule has 1 aromatic carbocycles. The molecular weight excluding hydrogens is 346 g/mol. The minimum Gasteiger partial charge on any atom is -0.463 e. The number of hydrogen-bond acceptors (Lipinski definition) is 5. The summed E-state index contributed by atoms with van der Waals surface area (Å²) in [6.45, 7) is 5.16. The van der Waals surface area contributed by atoms with Crippen LogP contribution in [0, 0.1) is 5.92 Å². The molecule has 0 amide bonds. The van der Waals surface area contributed by atoms with Gasteiger partial charge >= 0.3 is 5.97 Å². The lowest BCUT2D eigenvalue weighted by Crippen LogP contribution is -2.50. The molecule has 1 aliphatic carbocycles. The topological polar surface area (TPSA) is 98.4 Å². The quantitative estimate of drug-likeness (QED) is 0.710. The number of nitrogens with one attached hydrogen (secondary N) is 2. The van der Waals surface area contributed by atoms with Crippen molar-refractivity contribution in [3.05, 3.63) is 51.4 Å². The number of H-pyrrole nitrogens is 2. The van der Waals surface area contributed by atoms with Crippen molar-refractivity contribution in [2.45, 2.75) is 44.8 Å². The monoisotopic (exact) mass is 373 g/mol. The van der Waals surface area contributed by atoms with E-state index in [4.69, 9.17) is 4.74 Å². The summed E-state index contributed by atoms with van der Waals surface area (Å²) in [7, 11) is 3.89. The number of aliphatic hydroxyl groups is 1. The summed E-state index contributed by atoms with van der Waals surface area (Å²) >= 11 is 0. The Morgan fingerprint density at radius 3 is 2.44 bits per heavy atom. The Labute approximate surface area is 158 Å². The number of hydrogen-bond donors (Lipinski definition) is 3. The van der Waals surface area contributed by atoms with Crippen LogP contribution in [-0.2, 0) is 16.0 Å². The van der Waals surface area contributed by atoms with Crippen LogP contribution < -0.4 is 10.5 Å². The van der Waals surface area contributed by atoms with Gasteiger partial charge in [-0.3, -0.25) is 14.7 Å². The lowest BCUT2D eigenvalue weighted by atomic mass is 9.66. The molecule has 3 atom stereocenters. The molecule has 2 aromatic rings. The van der Waals surface area contributed by atoms with Crippen molar-refractivity contribution < 1.29 is 14.6 Å². The Kier molecular flexibility index (Phi) is 4.90. The number of aromatic nitrogens is 2. The van der Waals surface area contributed by atoms with Crippen LogP contribution in [0.3, 0.4) is 0 Å². The zero-order chi connectivity index (χ0) is 19.9. The van der Waals surface area contributed by atoms with E-state index in [2.05, 4.69) is 10.2 Å². The van der Waals surface area contributed by atoms with Crippen LogP contribution in [0.5, 0.6) is 0 Å². The number of rotatable bonds is 4. The number of nitrogens with zero attached hydrogens (tertiary/aromatic N) is 1. The molecule has 3 unspecified atom stereocenters. The molecule has 0 fully saturated rings. The van der Waals surface area contributed by atoms with Gasteiger partial charge in [-0.05, 0) is 38.5 Å². The van der Waals surface area contributed by atoms with E-state index >= 15 is 0 Å². The molecule has 1 heterocycles. The van der Waals surface area contributed by atoms with Crippen molar-refractivity contribution in [2.75, 3.05) is 19.0 Å². The van der Waals surface area contributed by atoms with Gasteiger partial charge < -0.3 is 19.8 Å². The number of anilines is 1. The van der Waals surface area contributed by atoms with E-state index in [1.165, 1.54) is 0 Å². The first kappa shape index (κ1) is 19.2. The Balaban J connectivity index is 2.15. The van der Waals surface area contributed by atoms with E-state index in [0.29, 0.717) is 11.3 Å². The SMILES string of the molecule is CC(C)OC(=O)C1C(c2ccc(N(C)C)cc2)c2c([nH][nH]c2=O)CC1(C)O. The standard InChI is InChI=1S/C20H27N3O4/c1-11(2)27-19(25)17-15(12-6-8-13(9-7-12)23(4)5)16-14(10-20(17,3)26)21-22-18(16)24/h6-9,11,15,17,26H,10H2,1-5H3,(H2,21,22,24). The van der Waals surface area contributed by atoms with Gasteiger partial charge in [0.25, 0.3) is 5.56 Å². The lowest BCUT2D eigenvalue weighted by molar-refractivity contribution is -0.163. The van der Waals surface area contributed by atoms with Crippen molar-refractivity contribution in [3.8, 4) is 0 Å². The van der Waals surface area contributed by atoms with Crippen LogP contribution in [-0.4, -0.2) is 47.1 Å². The molecule has 1 aliphatic rings. The maximum Gasteiger partial charge on any atom is 0.313 e. The van der Waals surface area contributed by atoms with E-state index in [1.807, 2.05) is 43.3 Å². The van der Waals surface area contributed by atoms with Crippen LogP contribution in [0.25, 0.3) is 0 Å². The summed E-state index contributed by atoms with van der Waals surface area (Å²) < 4.78 is 5.44. The maximum atomic E-state index is 12.9. The van der Waals surface area contributed by atoms with Gasteiger partial charge in [-0.15, -0.1) is 0 Å². The van der Waals surface area contributed by atoms with Gasteiger partial charge in [0.15, 0.2) is 0 Å². The fraction of sp³-hybridized carbons (Fsp3) is 0.500. The second-order valence-corrected chi connectivity index (χ2v) is 7.93. The van der Waals surface area contributed by atoms with Gasteiger partial charge in [0, 0.05) is 43.4 Å². The second kappa shape index (κ2) is 6.88. The molecule has 0 aliphatic heterocycles. The Bertz CT molecular complexity index is 877. The van der Waals surface area contributed by atoms with Crippen LogP contribution >= 0.6 is 0 Å². The van der Waals surface area contributed by atoms with E-state index in [0.717, 1.165) is 11.3 Å². The van der Waals surface area contributed by atoms with Gasteiger partial charge in [-0.2, -0.15) is 0 Å². The normalized spacial score (nSPS) is 24.6. The van der Waals surface area contributed by atoms with E-state index in [1.54, 1.807) is 20.8 Å². The minimum absolute atomic E-state index is 0.172. The third-order valence-electron chi connectivity index (χ3n) is 5.12. The van der Waals surface area contributed by atoms with Crippen molar-refractivity contribution >= 4 is 11.7 Å². The molecule has 0 saturated heterocycles. The average molecular weight is 373 g/mol. The van der Waals surface area contributed by atoms with Gasteiger partial charge in [0.05, 0.1) is 17.6 Å². The van der Waals surface area contributed by atoms with Gasteiger partial charge in [0.1, 0.15) is 0 Å². The number of ether oxygens (including phenoxy) is 1. The fourth-order valence-corrected chi connectivity index (χ4v) is 3.90. The number of aromatic amines is 2. The zero-order valence-electron chi connectivity index (χ0n) is 16.4. The van der Waals surface area contributed by atoms with Crippen molar-refractivity contribution in [2.24, 2.45) is 5.92 Å². The summed E-state index contributed by atoms with van der Waals surface area (Å²) in [6, 6.07) is 7.66. The summed E-state index contributed by atoms with van der Waals surface area (Å²) in [5.74, 6) is -1.97. The highest BCUT2D eigenvalue weighted by Gasteiger charge is 2.51. The maximum absolute atomic E-state index is 12.9. The largest absolute Gasteiger partial charge is 0.463 e. The molecule has 0 bridgehead atoms. The highest BCUT2D eigenvalue weighted by Crippen LogP contribution is 2.44. The molecule has 0 radical (unpaired) electrons. The van der Waals surface area contributed by atoms with Crippen molar-refractivity contribution in [3.63, 3.8) is 0 Å². The first-order valence-corrected chi connectivity index (χ1v) is 9.11. The molecule has 0 saturated carbocycles. The predicted molar refractivity (Wildman–Crippen MR) is 103 cm³/mol. The molecule has 27 heavy (non-hydrogen) atoms. The van der Waals surface area contributed by atoms with E-state index in [-0.39, 0.29) is 18.1 Å². The first-order chi connectivity index (χ1) is 12.6. The number of fused-ring (bicyclic) bond motifs is 1. The van der Waals surface area contributed by atoms with Crippen molar-refractivity contribution in [1.82, 2.24) is 10.2 Å². The highest BCUT2D eigenvalue weighted by atomic mass is 16.5. The van der Waals surface area contributed by atoms with Gasteiger partial charge in [-0.25, -0.2) is 0 Å². The van der Waals surface area contributed by atoms with Gasteiger partial charge in [-0.1, -0.05) is 12.1 Å². The number of benzene rings is 1. The zero-order valence-corrected chi connectivity index (χ0v) is 16.4. The molecule has 3 rings (SSSR count). The summed E-state index contributed by atoms with van der Waals surface area (Å²) in [5, 5.41) is 16.6. The van der Waals surface area contributed by atoms with Crippen LogP contribution in [0.2, 0.25) is 0 Å². The molecule has 1 aromatic heterocycles. The minimum atomic E-state index is -1.35. The number of carbonyl (C=O) groups excluding carboxylic acids is 1. The van der Waals surface area contributed by atoms with E-state index in [9.17, 15) is 14.7 Å².